The Balaban J connectivity index is 2.88. The second-order valence-electron chi connectivity index (χ2n) is 5.78. The molecule has 0 aliphatic carbocycles. The van der Waals surface area contributed by atoms with Crippen LogP contribution in [0.1, 0.15) is 38.1 Å². The van der Waals surface area contributed by atoms with Crippen molar-refractivity contribution in [3.63, 3.8) is 0 Å². The number of hydrogen-bond donors (Lipinski definition) is 1. The molecule has 0 heterocycles. The number of carbonyl (C=O) groups excluding carboxylic acids is 1. The molecule has 0 spiro atoms. The molecule has 1 rings (SSSR count). The number of carbonyl (C=O) groups is 1. The standard InChI is InChI=1S/C15H21ClN2O3/c1-9(2)13(10(3)4)8-17-15(19)12-6-5-11(16)7-14(12)18(20)21/h5-7,9-10,13H,8H2,1-4H3,(H,17,19). The van der Waals surface area contributed by atoms with Gasteiger partial charge in [0.2, 0.25) is 0 Å². The first-order chi connectivity index (χ1) is 9.73. The predicted octanol–water partition coefficient (Wildman–Crippen LogP) is 3.91. The van der Waals surface area contributed by atoms with Crippen LogP contribution in [0.4, 0.5) is 5.69 Å². The third kappa shape index (κ3) is 4.70. The van der Waals surface area contributed by atoms with Crippen LogP contribution in [0.25, 0.3) is 0 Å². The number of rotatable bonds is 6. The second-order valence-corrected chi connectivity index (χ2v) is 6.22. The number of nitro benzene ring substituents is 1. The fourth-order valence-corrected chi connectivity index (χ4v) is 2.56. The zero-order valence-corrected chi connectivity index (χ0v) is 13.5. The summed E-state index contributed by atoms with van der Waals surface area (Å²) in [6.07, 6.45) is 0. The summed E-state index contributed by atoms with van der Waals surface area (Å²) in [6.45, 7) is 8.89. The number of nitro groups is 1. The summed E-state index contributed by atoms with van der Waals surface area (Å²) < 4.78 is 0. The van der Waals surface area contributed by atoms with Crippen molar-refractivity contribution >= 4 is 23.2 Å². The third-order valence-electron chi connectivity index (χ3n) is 3.61. The molecule has 0 aromatic heterocycles. The molecule has 116 valence electrons. The van der Waals surface area contributed by atoms with Gasteiger partial charge in [-0.05, 0) is 29.9 Å². The predicted molar refractivity (Wildman–Crippen MR) is 83.6 cm³/mol. The van der Waals surface area contributed by atoms with E-state index < -0.39 is 10.8 Å². The van der Waals surface area contributed by atoms with Gasteiger partial charge in [0.25, 0.3) is 11.6 Å². The molecule has 0 unspecified atom stereocenters. The van der Waals surface area contributed by atoms with Gasteiger partial charge in [-0.3, -0.25) is 14.9 Å². The van der Waals surface area contributed by atoms with E-state index in [2.05, 4.69) is 33.0 Å². The highest BCUT2D eigenvalue weighted by atomic mass is 35.5. The smallest absolute Gasteiger partial charge is 0.283 e. The topological polar surface area (TPSA) is 72.2 Å². The van der Waals surface area contributed by atoms with E-state index in [9.17, 15) is 14.9 Å². The minimum Gasteiger partial charge on any atom is -0.352 e. The SMILES string of the molecule is CC(C)C(CNC(=O)c1ccc(Cl)cc1[N+](=O)[O-])C(C)C. The van der Waals surface area contributed by atoms with Gasteiger partial charge >= 0.3 is 0 Å². The van der Waals surface area contributed by atoms with Crippen LogP contribution in [0.15, 0.2) is 18.2 Å². The van der Waals surface area contributed by atoms with E-state index in [1.54, 1.807) is 0 Å². The Bertz CT molecular complexity index is 522. The lowest BCUT2D eigenvalue weighted by Crippen LogP contribution is -2.34. The minimum atomic E-state index is -0.594. The largest absolute Gasteiger partial charge is 0.352 e. The summed E-state index contributed by atoms with van der Waals surface area (Å²) in [7, 11) is 0. The van der Waals surface area contributed by atoms with E-state index >= 15 is 0 Å². The Hall–Kier alpha value is -1.62. The molecule has 0 bridgehead atoms. The van der Waals surface area contributed by atoms with Crippen molar-refractivity contribution < 1.29 is 9.72 Å². The minimum absolute atomic E-state index is 0.0377. The molecular formula is C15H21ClN2O3. The van der Waals surface area contributed by atoms with Crippen molar-refractivity contribution in [1.29, 1.82) is 0 Å². The fourth-order valence-electron chi connectivity index (χ4n) is 2.39. The molecular weight excluding hydrogens is 292 g/mol. The van der Waals surface area contributed by atoms with Gasteiger partial charge in [0.1, 0.15) is 5.56 Å². The molecule has 0 atom stereocenters. The highest BCUT2D eigenvalue weighted by Crippen LogP contribution is 2.24. The van der Waals surface area contributed by atoms with Gasteiger partial charge in [0.05, 0.1) is 4.92 Å². The highest BCUT2D eigenvalue weighted by Gasteiger charge is 2.23. The highest BCUT2D eigenvalue weighted by molar-refractivity contribution is 6.31. The van der Waals surface area contributed by atoms with Gasteiger partial charge in [0.15, 0.2) is 0 Å². The van der Waals surface area contributed by atoms with Gasteiger partial charge in [-0.2, -0.15) is 0 Å². The van der Waals surface area contributed by atoms with Gasteiger partial charge < -0.3 is 5.32 Å². The lowest BCUT2D eigenvalue weighted by molar-refractivity contribution is -0.385. The van der Waals surface area contributed by atoms with Crippen molar-refractivity contribution in [2.45, 2.75) is 27.7 Å². The average Bonchev–Trinajstić information content (AvgIpc) is 2.37. The van der Waals surface area contributed by atoms with E-state index in [0.717, 1.165) is 0 Å². The number of nitrogens with one attached hydrogen (secondary N) is 1. The molecule has 1 aromatic carbocycles. The Morgan fingerprint density at radius 1 is 1.29 bits per heavy atom. The summed E-state index contributed by atoms with van der Waals surface area (Å²) in [4.78, 5) is 22.6. The van der Waals surface area contributed by atoms with Crippen LogP contribution < -0.4 is 5.32 Å². The Labute approximate surface area is 129 Å². The van der Waals surface area contributed by atoms with E-state index in [-0.39, 0.29) is 16.3 Å². The summed E-state index contributed by atoms with van der Waals surface area (Å²) in [5, 5.41) is 14.0. The Kier molecular flexibility index (Phi) is 6.15. The van der Waals surface area contributed by atoms with Crippen LogP contribution in [0.2, 0.25) is 5.02 Å². The van der Waals surface area contributed by atoms with Gasteiger partial charge in [0, 0.05) is 17.6 Å². The van der Waals surface area contributed by atoms with Crippen molar-refractivity contribution in [3.8, 4) is 0 Å². The maximum absolute atomic E-state index is 12.2. The van der Waals surface area contributed by atoms with Gasteiger partial charge in [-0.1, -0.05) is 39.3 Å². The van der Waals surface area contributed by atoms with E-state index in [0.29, 0.717) is 24.3 Å². The van der Waals surface area contributed by atoms with Crippen molar-refractivity contribution in [2.75, 3.05) is 6.54 Å². The molecule has 1 aromatic rings. The normalized spacial score (nSPS) is 11.2. The molecule has 0 saturated heterocycles. The van der Waals surface area contributed by atoms with Crippen molar-refractivity contribution in [1.82, 2.24) is 5.32 Å². The lowest BCUT2D eigenvalue weighted by Gasteiger charge is -2.25. The molecule has 5 nitrogen and oxygen atoms in total. The molecule has 1 amide bonds. The van der Waals surface area contributed by atoms with Crippen molar-refractivity contribution in [3.05, 3.63) is 38.9 Å². The van der Waals surface area contributed by atoms with E-state index in [4.69, 9.17) is 11.6 Å². The molecule has 0 saturated carbocycles. The monoisotopic (exact) mass is 312 g/mol. The zero-order valence-electron chi connectivity index (χ0n) is 12.7. The number of hydrogen-bond acceptors (Lipinski definition) is 3. The first-order valence-electron chi connectivity index (χ1n) is 6.96. The molecule has 0 fully saturated rings. The van der Waals surface area contributed by atoms with E-state index in [1.807, 2.05) is 0 Å². The molecule has 6 heteroatoms. The van der Waals surface area contributed by atoms with Crippen molar-refractivity contribution in [2.24, 2.45) is 17.8 Å². The summed E-state index contributed by atoms with van der Waals surface area (Å²) in [6, 6.07) is 4.06. The second kappa shape index (κ2) is 7.41. The Morgan fingerprint density at radius 3 is 2.33 bits per heavy atom. The fraction of sp³-hybridized carbons (Fsp3) is 0.533. The average molecular weight is 313 g/mol. The van der Waals surface area contributed by atoms with Crippen LogP contribution in [0, 0.1) is 27.9 Å². The summed E-state index contributed by atoms with van der Waals surface area (Å²) >= 11 is 5.74. The first kappa shape index (κ1) is 17.4. The van der Waals surface area contributed by atoms with Crippen LogP contribution in [-0.4, -0.2) is 17.4 Å². The Morgan fingerprint density at radius 2 is 1.86 bits per heavy atom. The molecule has 1 N–H and O–H groups in total. The summed E-state index contributed by atoms with van der Waals surface area (Å²) in [5.41, 5.74) is -0.235. The maximum Gasteiger partial charge on any atom is 0.283 e. The van der Waals surface area contributed by atoms with E-state index in [1.165, 1.54) is 18.2 Å². The molecule has 0 radical (unpaired) electrons. The summed E-state index contributed by atoms with van der Waals surface area (Å²) in [5.74, 6) is 0.723. The zero-order chi connectivity index (χ0) is 16.2. The van der Waals surface area contributed by atoms with Crippen LogP contribution >= 0.6 is 11.6 Å². The quantitative estimate of drug-likeness (QED) is 0.639. The third-order valence-corrected chi connectivity index (χ3v) is 3.85. The number of nitrogens with zero attached hydrogens (tertiary/aromatic N) is 1. The van der Waals surface area contributed by atoms with Crippen LogP contribution in [0.3, 0.4) is 0 Å². The number of halogens is 1. The molecule has 0 aliphatic heterocycles. The van der Waals surface area contributed by atoms with Gasteiger partial charge in [-0.25, -0.2) is 0 Å². The van der Waals surface area contributed by atoms with Gasteiger partial charge in [-0.15, -0.1) is 0 Å². The molecule has 0 aliphatic rings. The molecule has 21 heavy (non-hydrogen) atoms. The maximum atomic E-state index is 12.2. The number of benzene rings is 1. The first-order valence-corrected chi connectivity index (χ1v) is 7.34. The van der Waals surface area contributed by atoms with Crippen LogP contribution in [-0.2, 0) is 0 Å². The lowest BCUT2D eigenvalue weighted by atomic mass is 9.85. The van der Waals surface area contributed by atoms with Crippen LogP contribution in [0.5, 0.6) is 0 Å². The number of amides is 1.